The first-order valence-corrected chi connectivity index (χ1v) is 6.62. The molecule has 2 aromatic rings. The number of fused-ring (bicyclic) bond motifs is 1. The van der Waals surface area contributed by atoms with Gasteiger partial charge in [-0.15, -0.1) is 0 Å². The number of ether oxygens (including phenoxy) is 1. The van der Waals surface area contributed by atoms with Crippen LogP contribution < -0.4 is 5.32 Å². The quantitative estimate of drug-likeness (QED) is 0.852. The van der Waals surface area contributed by atoms with Crippen LogP contribution >= 0.6 is 0 Å². The van der Waals surface area contributed by atoms with Gasteiger partial charge in [0.15, 0.2) is 6.10 Å². The van der Waals surface area contributed by atoms with Crippen molar-refractivity contribution in [2.24, 2.45) is 0 Å². The molecule has 0 aliphatic carbocycles. The molecule has 1 N–H and O–H groups in total. The molecule has 0 radical (unpaired) electrons. The van der Waals surface area contributed by atoms with E-state index < -0.39 is 0 Å². The van der Waals surface area contributed by atoms with Crippen LogP contribution in [0.15, 0.2) is 42.5 Å². The number of benzene rings is 2. The summed E-state index contributed by atoms with van der Waals surface area (Å²) in [5.74, 6) is 0.00768. The van der Waals surface area contributed by atoms with Crippen LogP contribution in [0, 0.1) is 0 Å². The molecule has 1 saturated heterocycles. The van der Waals surface area contributed by atoms with Crippen molar-refractivity contribution in [2.75, 3.05) is 6.61 Å². The number of carbonyl (C=O) groups excluding carboxylic acids is 1. The summed E-state index contributed by atoms with van der Waals surface area (Å²) in [5, 5.41) is 5.46. The lowest BCUT2D eigenvalue weighted by atomic mass is 10.0. The number of rotatable bonds is 4. The maximum absolute atomic E-state index is 11.6. The molecule has 3 nitrogen and oxygen atoms in total. The molecule has 2 atom stereocenters. The van der Waals surface area contributed by atoms with E-state index in [-0.39, 0.29) is 18.1 Å². The predicted octanol–water partition coefficient (Wildman–Crippen LogP) is 2.29. The smallest absolute Gasteiger partial charge is 0.251 e. The van der Waals surface area contributed by atoms with Crippen molar-refractivity contribution in [1.82, 2.24) is 5.32 Å². The summed E-state index contributed by atoms with van der Waals surface area (Å²) in [5.41, 5.74) is 1.24. The Balaban J connectivity index is 1.68. The molecular weight excluding hydrogens is 238 g/mol. The van der Waals surface area contributed by atoms with E-state index in [1.165, 1.54) is 16.3 Å². The Hall–Kier alpha value is -1.87. The molecule has 0 bridgehead atoms. The molecule has 1 heterocycles. The fourth-order valence-electron chi connectivity index (χ4n) is 2.31. The molecule has 1 amide bonds. The maximum atomic E-state index is 11.6. The second-order valence-corrected chi connectivity index (χ2v) is 5.12. The van der Waals surface area contributed by atoms with Crippen molar-refractivity contribution in [3.63, 3.8) is 0 Å². The van der Waals surface area contributed by atoms with Crippen molar-refractivity contribution < 1.29 is 9.53 Å². The first kappa shape index (κ1) is 12.2. The van der Waals surface area contributed by atoms with E-state index in [0.717, 1.165) is 6.42 Å². The number of hydrogen-bond acceptors (Lipinski definition) is 2. The van der Waals surface area contributed by atoms with Gasteiger partial charge in [0.1, 0.15) is 0 Å². The molecule has 19 heavy (non-hydrogen) atoms. The molecular formula is C16H17NO2. The van der Waals surface area contributed by atoms with E-state index in [2.05, 4.69) is 35.6 Å². The second kappa shape index (κ2) is 5.02. The molecule has 0 saturated carbocycles. The molecule has 1 aliphatic rings. The summed E-state index contributed by atoms with van der Waals surface area (Å²) in [6, 6.07) is 14.9. The van der Waals surface area contributed by atoms with Crippen LogP contribution in [0.1, 0.15) is 12.5 Å². The van der Waals surface area contributed by atoms with Gasteiger partial charge < -0.3 is 10.1 Å². The fraction of sp³-hybridized carbons (Fsp3) is 0.312. The average molecular weight is 255 g/mol. The van der Waals surface area contributed by atoms with Gasteiger partial charge in [0.2, 0.25) is 0 Å². The lowest BCUT2D eigenvalue weighted by Gasteiger charge is -2.13. The Labute approximate surface area is 112 Å². The number of hydrogen-bond donors (Lipinski definition) is 1. The zero-order chi connectivity index (χ0) is 13.2. The largest absolute Gasteiger partial charge is 0.363 e. The van der Waals surface area contributed by atoms with E-state index in [0.29, 0.717) is 6.61 Å². The minimum Gasteiger partial charge on any atom is -0.363 e. The van der Waals surface area contributed by atoms with Gasteiger partial charge in [-0.2, -0.15) is 0 Å². The van der Waals surface area contributed by atoms with Crippen LogP contribution in [0.25, 0.3) is 10.8 Å². The second-order valence-electron chi connectivity index (χ2n) is 5.12. The maximum Gasteiger partial charge on any atom is 0.251 e. The van der Waals surface area contributed by atoms with Crippen LogP contribution in [0.3, 0.4) is 0 Å². The van der Waals surface area contributed by atoms with Gasteiger partial charge in [0.05, 0.1) is 6.61 Å². The highest BCUT2D eigenvalue weighted by molar-refractivity contribution is 5.84. The summed E-state index contributed by atoms with van der Waals surface area (Å²) in [7, 11) is 0. The molecule has 98 valence electrons. The van der Waals surface area contributed by atoms with Crippen molar-refractivity contribution in [1.29, 1.82) is 0 Å². The lowest BCUT2D eigenvalue weighted by Crippen LogP contribution is -2.36. The van der Waals surface area contributed by atoms with Crippen LogP contribution in [-0.2, 0) is 16.0 Å². The minimum atomic E-state index is -0.209. The Morgan fingerprint density at radius 3 is 2.79 bits per heavy atom. The Morgan fingerprint density at radius 2 is 2.05 bits per heavy atom. The monoisotopic (exact) mass is 255 g/mol. The normalized spacial score (nSPS) is 19.1. The number of nitrogens with one attached hydrogen (secondary N) is 1. The molecule has 3 rings (SSSR count). The Kier molecular flexibility index (Phi) is 3.22. The number of carbonyl (C=O) groups is 1. The summed E-state index contributed by atoms with van der Waals surface area (Å²) in [6.07, 6.45) is 0.627. The van der Waals surface area contributed by atoms with Crippen molar-refractivity contribution in [2.45, 2.75) is 25.5 Å². The van der Waals surface area contributed by atoms with Gasteiger partial charge in [-0.3, -0.25) is 4.79 Å². The van der Waals surface area contributed by atoms with Crippen molar-refractivity contribution in [3.05, 3.63) is 48.0 Å². The highest BCUT2D eigenvalue weighted by Crippen LogP contribution is 2.17. The summed E-state index contributed by atoms with van der Waals surface area (Å²) < 4.78 is 4.97. The lowest BCUT2D eigenvalue weighted by molar-refractivity contribution is -0.122. The summed E-state index contributed by atoms with van der Waals surface area (Å²) in [6.45, 7) is 2.59. The topological polar surface area (TPSA) is 41.6 Å². The molecule has 2 aromatic carbocycles. The number of epoxide rings is 1. The molecule has 3 heteroatoms. The van der Waals surface area contributed by atoms with Crippen LogP contribution in [0.4, 0.5) is 0 Å². The molecule has 2 unspecified atom stereocenters. The van der Waals surface area contributed by atoms with E-state index in [4.69, 9.17) is 4.74 Å². The zero-order valence-electron chi connectivity index (χ0n) is 10.9. The first-order valence-electron chi connectivity index (χ1n) is 6.62. The zero-order valence-corrected chi connectivity index (χ0v) is 10.9. The molecule has 1 aliphatic heterocycles. The van der Waals surface area contributed by atoms with Crippen LogP contribution in [0.2, 0.25) is 0 Å². The van der Waals surface area contributed by atoms with E-state index in [1.54, 1.807) is 0 Å². The van der Waals surface area contributed by atoms with Crippen molar-refractivity contribution >= 4 is 16.7 Å². The van der Waals surface area contributed by atoms with Crippen molar-refractivity contribution in [3.8, 4) is 0 Å². The van der Waals surface area contributed by atoms with E-state index in [1.807, 2.05) is 19.1 Å². The molecule has 0 aromatic heterocycles. The van der Waals surface area contributed by atoms with Gasteiger partial charge in [-0.05, 0) is 29.7 Å². The van der Waals surface area contributed by atoms with E-state index in [9.17, 15) is 4.79 Å². The van der Waals surface area contributed by atoms with Crippen LogP contribution in [0.5, 0.6) is 0 Å². The third-order valence-corrected chi connectivity index (χ3v) is 3.37. The van der Waals surface area contributed by atoms with Gasteiger partial charge in [0.25, 0.3) is 5.91 Å². The van der Waals surface area contributed by atoms with E-state index >= 15 is 0 Å². The van der Waals surface area contributed by atoms with Crippen LogP contribution in [-0.4, -0.2) is 24.7 Å². The number of amides is 1. The Morgan fingerprint density at radius 1 is 1.32 bits per heavy atom. The molecule has 0 spiro atoms. The third-order valence-electron chi connectivity index (χ3n) is 3.37. The van der Waals surface area contributed by atoms with Gasteiger partial charge in [0, 0.05) is 6.04 Å². The fourth-order valence-corrected chi connectivity index (χ4v) is 2.31. The highest BCUT2D eigenvalue weighted by atomic mass is 16.6. The van der Waals surface area contributed by atoms with Gasteiger partial charge in [-0.1, -0.05) is 42.5 Å². The highest BCUT2D eigenvalue weighted by Gasteiger charge is 2.31. The average Bonchev–Trinajstić information content (AvgIpc) is 3.22. The minimum absolute atomic E-state index is 0.00768. The summed E-state index contributed by atoms with van der Waals surface area (Å²) in [4.78, 5) is 11.6. The first-order chi connectivity index (χ1) is 9.22. The standard InChI is InChI=1S/C16H17NO2/c1-11(17-16(18)15-10-19-15)8-12-6-7-13-4-2-3-5-14(13)9-12/h2-7,9,11,15H,8,10H2,1H3,(H,17,18). The molecule has 1 fully saturated rings. The third kappa shape index (κ3) is 2.93. The van der Waals surface area contributed by atoms with Gasteiger partial charge in [-0.25, -0.2) is 0 Å². The Bertz CT molecular complexity index is 604. The predicted molar refractivity (Wildman–Crippen MR) is 75.0 cm³/mol. The summed E-state index contributed by atoms with van der Waals surface area (Å²) >= 11 is 0. The van der Waals surface area contributed by atoms with Gasteiger partial charge >= 0.3 is 0 Å². The SMILES string of the molecule is CC(Cc1ccc2ccccc2c1)NC(=O)C1CO1.